The van der Waals surface area contributed by atoms with Crippen molar-refractivity contribution in [2.24, 2.45) is 0 Å². The molecular formula is C2H4ClN3. The summed E-state index contributed by atoms with van der Waals surface area (Å²) in [6.45, 7) is 0. The Balaban J connectivity index is 0.000000250. The lowest BCUT2D eigenvalue weighted by Crippen LogP contribution is -1.61. The minimum Gasteiger partial charge on any atom is -0.266 e. The highest BCUT2D eigenvalue weighted by molar-refractivity contribution is 5.85. The van der Waals surface area contributed by atoms with Crippen LogP contribution in [-0.2, 0) is 0 Å². The maximum atomic E-state index is 3.42. The molecule has 0 fully saturated rings. The number of aromatic amines is 1. The molecule has 0 spiro atoms. The third kappa shape index (κ3) is 1.03. The number of nitrogens with one attached hydrogen (secondary N) is 1. The van der Waals surface area contributed by atoms with E-state index in [1.165, 1.54) is 0 Å². The predicted octanol–water partition coefficient (Wildman–Crippen LogP) is 0.226. The fourth-order valence-corrected chi connectivity index (χ4v) is 0.167. The second-order valence-corrected chi connectivity index (χ2v) is 0.660. The summed E-state index contributed by atoms with van der Waals surface area (Å²) in [6.07, 6.45) is 3.24. The fourth-order valence-electron chi connectivity index (χ4n) is 0.167. The maximum absolute atomic E-state index is 3.42. The smallest absolute Gasteiger partial charge is 0.0690 e. The highest BCUT2D eigenvalue weighted by atomic mass is 35.5. The molecule has 0 aliphatic carbocycles. The first-order valence-corrected chi connectivity index (χ1v) is 1.30. The molecular weight excluding hydrogens is 101 g/mol. The van der Waals surface area contributed by atoms with E-state index < -0.39 is 0 Å². The van der Waals surface area contributed by atoms with Crippen LogP contribution in [0.3, 0.4) is 0 Å². The van der Waals surface area contributed by atoms with Crippen LogP contribution in [0.25, 0.3) is 0 Å². The van der Waals surface area contributed by atoms with Crippen LogP contribution >= 0.6 is 12.4 Å². The number of nitrogens with zero attached hydrogens (tertiary/aromatic N) is 2. The van der Waals surface area contributed by atoms with Gasteiger partial charge in [0, 0.05) is 6.20 Å². The number of aromatic nitrogens is 3. The van der Waals surface area contributed by atoms with Gasteiger partial charge in [0.1, 0.15) is 0 Å². The second kappa shape index (κ2) is 2.66. The van der Waals surface area contributed by atoms with E-state index in [-0.39, 0.29) is 12.4 Å². The second-order valence-electron chi connectivity index (χ2n) is 0.660. The maximum Gasteiger partial charge on any atom is 0.0690 e. The van der Waals surface area contributed by atoms with E-state index in [2.05, 4.69) is 15.4 Å². The monoisotopic (exact) mass is 105 g/mol. The van der Waals surface area contributed by atoms with Crippen LogP contribution in [0.5, 0.6) is 0 Å². The Hall–Kier alpha value is -0.570. The molecule has 0 saturated heterocycles. The number of halogens is 1. The summed E-state index contributed by atoms with van der Waals surface area (Å²) in [5.74, 6) is 0. The van der Waals surface area contributed by atoms with Crippen LogP contribution in [0, 0.1) is 0 Å². The first-order chi connectivity index (χ1) is 2.50. The zero-order chi connectivity index (χ0) is 3.54. The van der Waals surface area contributed by atoms with E-state index in [0.29, 0.717) is 0 Å². The Bertz CT molecular complexity index is 65.3. The summed E-state index contributed by atoms with van der Waals surface area (Å²) in [5.41, 5.74) is 0. The Labute approximate surface area is 41.2 Å². The highest BCUT2D eigenvalue weighted by Crippen LogP contribution is 1.55. The number of hydrogen-bond donors (Lipinski definition) is 1. The number of hydrogen-bond acceptors (Lipinski definition) is 2. The van der Waals surface area contributed by atoms with Gasteiger partial charge in [0.25, 0.3) is 0 Å². The van der Waals surface area contributed by atoms with Crippen LogP contribution in [0.1, 0.15) is 0 Å². The third-order valence-electron chi connectivity index (χ3n) is 0.331. The van der Waals surface area contributed by atoms with E-state index in [0.717, 1.165) is 0 Å². The van der Waals surface area contributed by atoms with Gasteiger partial charge in [-0.25, -0.2) is 0 Å². The standard InChI is InChI=1S/C2H3N3.ClH/c1-2-4-5-3-1;/h1-2H,(H,3,4,5);1H. The molecule has 1 aromatic heterocycles. The first-order valence-electron chi connectivity index (χ1n) is 1.30. The molecule has 0 bridgehead atoms. The molecule has 4 heteroatoms. The van der Waals surface area contributed by atoms with Crippen molar-refractivity contribution >= 4 is 12.4 Å². The normalized spacial score (nSPS) is 6.67. The summed E-state index contributed by atoms with van der Waals surface area (Å²) in [6, 6.07) is 0. The molecule has 1 heterocycles. The van der Waals surface area contributed by atoms with E-state index in [1.807, 2.05) is 0 Å². The van der Waals surface area contributed by atoms with E-state index in [9.17, 15) is 0 Å². The number of H-pyrrole nitrogens is 1. The van der Waals surface area contributed by atoms with Crippen molar-refractivity contribution in [1.29, 1.82) is 0 Å². The van der Waals surface area contributed by atoms with Crippen LogP contribution in [0.15, 0.2) is 12.4 Å². The van der Waals surface area contributed by atoms with Gasteiger partial charge in [-0.15, -0.1) is 17.5 Å². The lowest BCUT2D eigenvalue weighted by Gasteiger charge is -1.46. The van der Waals surface area contributed by atoms with Gasteiger partial charge in [-0.2, -0.15) is 0 Å². The van der Waals surface area contributed by atoms with Gasteiger partial charge in [-0.1, -0.05) is 5.21 Å². The van der Waals surface area contributed by atoms with Crippen LogP contribution in [0.2, 0.25) is 0 Å². The molecule has 1 rings (SSSR count). The molecule has 0 saturated carbocycles. The quantitative estimate of drug-likeness (QED) is 0.513. The summed E-state index contributed by atoms with van der Waals surface area (Å²) >= 11 is 0. The van der Waals surface area contributed by atoms with Crippen molar-refractivity contribution in [1.82, 2.24) is 15.4 Å². The molecule has 34 valence electrons. The Morgan fingerprint density at radius 1 is 1.50 bits per heavy atom. The first kappa shape index (κ1) is 5.43. The molecule has 0 aliphatic rings. The van der Waals surface area contributed by atoms with Crippen LogP contribution in [0.4, 0.5) is 0 Å². The van der Waals surface area contributed by atoms with Crippen molar-refractivity contribution < 1.29 is 0 Å². The summed E-state index contributed by atoms with van der Waals surface area (Å²) in [7, 11) is 0. The van der Waals surface area contributed by atoms with E-state index in [1.54, 1.807) is 12.4 Å². The molecule has 3 nitrogen and oxygen atoms in total. The van der Waals surface area contributed by atoms with Gasteiger partial charge >= 0.3 is 0 Å². The topological polar surface area (TPSA) is 41.6 Å². The zero-order valence-electron chi connectivity index (χ0n) is 2.96. The van der Waals surface area contributed by atoms with Crippen molar-refractivity contribution in [2.45, 2.75) is 0 Å². The van der Waals surface area contributed by atoms with Gasteiger partial charge in [0.05, 0.1) is 6.20 Å². The van der Waals surface area contributed by atoms with Gasteiger partial charge in [0.15, 0.2) is 0 Å². The van der Waals surface area contributed by atoms with Crippen molar-refractivity contribution in [3.63, 3.8) is 0 Å². The van der Waals surface area contributed by atoms with Crippen molar-refractivity contribution in [3.8, 4) is 0 Å². The predicted molar refractivity (Wildman–Crippen MR) is 23.6 cm³/mol. The average Bonchev–Trinajstić information content (AvgIpc) is 1.76. The molecule has 1 N–H and O–H groups in total. The number of rotatable bonds is 0. The van der Waals surface area contributed by atoms with Gasteiger partial charge < -0.3 is 0 Å². The minimum absolute atomic E-state index is 0. The fraction of sp³-hybridized carbons (Fsp3) is 0. The average molecular weight is 106 g/mol. The molecule has 0 radical (unpaired) electrons. The Morgan fingerprint density at radius 2 is 2.33 bits per heavy atom. The summed E-state index contributed by atoms with van der Waals surface area (Å²) in [5, 5.41) is 9.26. The molecule has 1 aromatic rings. The molecule has 6 heavy (non-hydrogen) atoms. The molecule has 0 atom stereocenters. The van der Waals surface area contributed by atoms with Crippen molar-refractivity contribution in [2.75, 3.05) is 0 Å². The lowest BCUT2D eigenvalue weighted by atomic mass is 11.0. The zero-order valence-corrected chi connectivity index (χ0v) is 3.77. The summed E-state index contributed by atoms with van der Waals surface area (Å²) in [4.78, 5) is 0. The van der Waals surface area contributed by atoms with Crippen LogP contribution in [-0.4, -0.2) is 15.4 Å². The van der Waals surface area contributed by atoms with E-state index >= 15 is 0 Å². The van der Waals surface area contributed by atoms with Crippen LogP contribution < -0.4 is 0 Å². The highest BCUT2D eigenvalue weighted by Gasteiger charge is 1.57. The SMILES string of the molecule is Cl.c1c[nH]nn1. The summed E-state index contributed by atoms with van der Waals surface area (Å²) < 4.78 is 0. The molecule has 0 aliphatic heterocycles. The molecule has 0 unspecified atom stereocenters. The van der Waals surface area contributed by atoms with E-state index in [4.69, 9.17) is 0 Å². The lowest BCUT2D eigenvalue weighted by molar-refractivity contribution is 0.940. The Kier molecular flexibility index (Phi) is 2.40. The molecule has 0 aromatic carbocycles. The van der Waals surface area contributed by atoms with Crippen molar-refractivity contribution in [3.05, 3.63) is 12.4 Å². The molecule has 0 amide bonds. The largest absolute Gasteiger partial charge is 0.266 e. The van der Waals surface area contributed by atoms with Gasteiger partial charge in [-0.05, 0) is 0 Å². The Morgan fingerprint density at radius 3 is 2.50 bits per heavy atom. The third-order valence-corrected chi connectivity index (χ3v) is 0.331. The minimum atomic E-state index is 0. The van der Waals surface area contributed by atoms with Gasteiger partial charge in [0.2, 0.25) is 0 Å². The van der Waals surface area contributed by atoms with Gasteiger partial charge in [-0.3, -0.25) is 5.10 Å².